The van der Waals surface area contributed by atoms with Crippen LogP contribution in [0.1, 0.15) is 42.1 Å². The van der Waals surface area contributed by atoms with Crippen LogP contribution in [0.3, 0.4) is 0 Å². The number of nitrogens with one attached hydrogen (secondary N) is 1. The monoisotopic (exact) mass is 429 g/mol. The molecule has 1 aliphatic rings. The first-order chi connectivity index (χ1) is 14.6. The molecule has 7 heteroatoms. The Labute approximate surface area is 182 Å². The molecule has 1 aromatic carbocycles. The molecule has 0 radical (unpaired) electrons. The SMILES string of the molecule is CCOC(=O)C(CNc1ncc(C(=O)N2CCCCC2)cc1Cl)Cc1ccccc1. The smallest absolute Gasteiger partial charge is 0.311 e. The second-order valence-electron chi connectivity index (χ2n) is 7.43. The third kappa shape index (κ3) is 5.95. The van der Waals surface area contributed by atoms with E-state index in [4.69, 9.17) is 16.3 Å². The molecule has 1 unspecified atom stereocenters. The fourth-order valence-corrected chi connectivity index (χ4v) is 3.82. The summed E-state index contributed by atoms with van der Waals surface area (Å²) in [5, 5.41) is 3.51. The number of halogens is 1. The number of rotatable bonds is 8. The molecule has 6 nitrogen and oxygen atoms in total. The molecule has 1 atom stereocenters. The van der Waals surface area contributed by atoms with E-state index in [-0.39, 0.29) is 17.8 Å². The van der Waals surface area contributed by atoms with Crippen molar-refractivity contribution in [1.82, 2.24) is 9.88 Å². The number of hydrogen-bond donors (Lipinski definition) is 1. The molecule has 1 N–H and O–H groups in total. The van der Waals surface area contributed by atoms with E-state index in [2.05, 4.69) is 10.3 Å². The van der Waals surface area contributed by atoms with Crippen LogP contribution in [0.25, 0.3) is 0 Å². The fourth-order valence-electron chi connectivity index (χ4n) is 3.58. The van der Waals surface area contributed by atoms with E-state index in [0.29, 0.717) is 36.0 Å². The summed E-state index contributed by atoms with van der Waals surface area (Å²) in [6.07, 6.45) is 5.32. The zero-order valence-corrected chi connectivity index (χ0v) is 18.0. The van der Waals surface area contributed by atoms with Crippen LogP contribution in [-0.2, 0) is 16.0 Å². The summed E-state index contributed by atoms with van der Waals surface area (Å²) in [6.45, 7) is 4.01. The number of pyridine rings is 1. The van der Waals surface area contributed by atoms with Gasteiger partial charge in [-0.1, -0.05) is 41.9 Å². The summed E-state index contributed by atoms with van der Waals surface area (Å²) in [5.74, 6) is -0.222. The van der Waals surface area contributed by atoms with Gasteiger partial charge in [0.15, 0.2) is 0 Å². The Bertz CT molecular complexity index is 854. The average Bonchev–Trinajstić information content (AvgIpc) is 2.78. The van der Waals surface area contributed by atoms with Gasteiger partial charge in [0, 0.05) is 25.8 Å². The molecule has 2 aromatic rings. The fraction of sp³-hybridized carbons (Fsp3) is 0.435. The Hall–Kier alpha value is -2.60. The first-order valence-electron chi connectivity index (χ1n) is 10.5. The van der Waals surface area contributed by atoms with E-state index in [0.717, 1.165) is 37.9 Å². The molecule has 160 valence electrons. The molecule has 1 fully saturated rings. The third-order valence-corrected chi connectivity index (χ3v) is 5.48. The molecule has 0 spiro atoms. The van der Waals surface area contributed by atoms with E-state index < -0.39 is 0 Å². The van der Waals surface area contributed by atoms with Crippen LogP contribution < -0.4 is 5.32 Å². The van der Waals surface area contributed by atoms with Crippen molar-refractivity contribution in [3.63, 3.8) is 0 Å². The van der Waals surface area contributed by atoms with Gasteiger partial charge in [0.25, 0.3) is 5.91 Å². The van der Waals surface area contributed by atoms with Crippen LogP contribution >= 0.6 is 11.6 Å². The molecule has 0 saturated carbocycles. The molecule has 1 amide bonds. The number of nitrogens with zero attached hydrogens (tertiary/aromatic N) is 2. The first-order valence-corrected chi connectivity index (χ1v) is 10.9. The lowest BCUT2D eigenvalue weighted by molar-refractivity contribution is -0.147. The van der Waals surface area contributed by atoms with Crippen molar-refractivity contribution in [2.75, 3.05) is 31.6 Å². The van der Waals surface area contributed by atoms with Crippen molar-refractivity contribution in [2.24, 2.45) is 5.92 Å². The number of piperidine rings is 1. The molecule has 0 bridgehead atoms. The quantitative estimate of drug-likeness (QED) is 0.637. The van der Waals surface area contributed by atoms with E-state index in [1.165, 1.54) is 0 Å². The maximum atomic E-state index is 12.6. The number of esters is 1. The van der Waals surface area contributed by atoms with Crippen LogP contribution in [0, 0.1) is 5.92 Å². The van der Waals surface area contributed by atoms with Gasteiger partial charge in [-0.2, -0.15) is 0 Å². The van der Waals surface area contributed by atoms with Crippen molar-refractivity contribution >= 4 is 29.3 Å². The molecule has 30 heavy (non-hydrogen) atoms. The summed E-state index contributed by atoms with van der Waals surface area (Å²) < 4.78 is 5.23. The van der Waals surface area contributed by atoms with Gasteiger partial charge in [-0.3, -0.25) is 9.59 Å². The van der Waals surface area contributed by atoms with Crippen molar-refractivity contribution < 1.29 is 14.3 Å². The summed E-state index contributed by atoms with van der Waals surface area (Å²) in [4.78, 5) is 31.2. The standard InChI is InChI=1S/C23H28ClN3O3/c1-2-30-23(29)19(13-17-9-5-3-6-10-17)16-26-21-20(24)14-18(15-25-21)22(28)27-11-7-4-8-12-27/h3,5-6,9-10,14-15,19H,2,4,7-8,11-13,16H2,1H3,(H,25,26). The zero-order valence-electron chi connectivity index (χ0n) is 17.3. The third-order valence-electron chi connectivity index (χ3n) is 5.19. The summed E-state index contributed by atoms with van der Waals surface area (Å²) >= 11 is 6.38. The number of carbonyl (C=O) groups is 2. The molecular weight excluding hydrogens is 402 g/mol. The molecule has 1 aliphatic heterocycles. The second kappa shape index (κ2) is 11.0. The lowest BCUT2D eigenvalue weighted by Gasteiger charge is -2.26. The van der Waals surface area contributed by atoms with Crippen LogP contribution in [0.15, 0.2) is 42.6 Å². The number of anilines is 1. The number of hydrogen-bond acceptors (Lipinski definition) is 5. The average molecular weight is 430 g/mol. The topological polar surface area (TPSA) is 71.5 Å². The Morgan fingerprint density at radius 2 is 1.93 bits per heavy atom. The minimum absolute atomic E-state index is 0.0378. The van der Waals surface area contributed by atoms with Crippen molar-refractivity contribution in [2.45, 2.75) is 32.6 Å². The largest absolute Gasteiger partial charge is 0.466 e. The Morgan fingerprint density at radius 1 is 1.20 bits per heavy atom. The van der Waals surface area contributed by atoms with Gasteiger partial charge in [0.05, 0.1) is 23.1 Å². The Kier molecular flexibility index (Phi) is 8.08. The molecule has 1 saturated heterocycles. The Morgan fingerprint density at radius 3 is 2.60 bits per heavy atom. The summed E-state index contributed by atoms with van der Waals surface area (Å²) in [6, 6.07) is 11.4. The highest BCUT2D eigenvalue weighted by molar-refractivity contribution is 6.33. The van der Waals surface area contributed by atoms with E-state index in [1.807, 2.05) is 35.2 Å². The van der Waals surface area contributed by atoms with Crippen LogP contribution in [0.2, 0.25) is 5.02 Å². The van der Waals surface area contributed by atoms with Crippen LogP contribution in [0.5, 0.6) is 0 Å². The number of benzene rings is 1. The normalized spacial score (nSPS) is 14.8. The number of amides is 1. The number of carbonyl (C=O) groups excluding carboxylic acids is 2. The van der Waals surface area contributed by atoms with Gasteiger partial charge in [-0.25, -0.2) is 4.98 Å². The van der Waals surface area contributed by atoms with Gasteiger partial charge in [0.2, 0.25) is 0 Å². The highest BCUT2D eigenvalue weighted by Gasteiger charge is 2.22. The molecule has 0 aliphatic carbocycles. The maximum absolute atomic E-state index is 12.6. The molecule has 3 rings (SSSR count). The van der Waals surface area contributed by atoms with Crippen LogP contribution in [-0.4, -0.2) is 48.0 Å². The first kappa shape index (κ1) is 22.1. The highest BCUT2D eigenvalue weighted by Crippen LogP contribution is 2.23. The van der Waals surface area contributed by atoms with Crippen molar-refractivity contribution in [3.05, 3.63) is 58.7 Å². The van der Waals surface area contributed by atoms with E-state index in [9.17, 15) is 9.59 Å². The minimum atomic E-state index is -0.375. The maximum Gasteiger partial charge on any atom is 0.311 e. The van der Waals surface area contributed by atoms with Crippen molar-refractivity contribution in [1.29, 1.82) is 0 Å². The minimum Gasteiger partial charge on any atom is -0.466 e. The lowest BCUT2D eigenvalue weighted by Crippen LogP contribution is -2.35. The Balaban J connectivity index is 1.65. The predicted octanol–water partition coefficient (Wildman–Crippen LogP) is 4.20. The molecular formula is C23H28ClN3O3. The second-order valence-corrected chi connectivity index (χ2v) is 7.83. The summed E-state index contributed by atoms with van der Waals surface area (Å²) in [7, 11) is 0. The molecule has 2 heterocycles. The number of likely N-dealkylation sites (tertiary alicyclic amines) is 1. The number of ether oxygens (including phenoxy) is 1. The van der Waals surface area contributed by atoms with Gasteiger partial charge in [-0.05, 0) is 44.2 Å². The highest BCUT2D eigenvalue weighted by atomic mass is 35.5. The van der Waals surface area contributed by atoms with Gasteiger partial charge in [0.1, 0.15) is 5.82 Å². The summed E-state index contributed by atoms with van der Waals surface area (Å²) in [5.41, 5.74) is 1.54. The lowest BCUT2D eigenvalue weighted by atomic mass is 9.99. The van der Waals surface area contributed by atoms with Crippen LogP contribution in [0.4, 0.5) is 5.82 Å². The predicted molar refractivity (Wildman–Crippen MR) is 118 cm³/mol. The van der Waals surface area contributed by atoms with Gasteiger partial charge in [-0.15, -0.1) is 0 Å². The zero-order chi connectivity index (χ0) is 21.3. The van der Waals surface area contributed by atoms with Crippen molar-refractivity contribution in [3.8, 4) is 0 Å². The van der Waals surface area contributed by atoms with Gasteiger partial charge < -0.3 is 15.0 Å². The van der Waals surface area contributed by atoms with E-state index >= 15 is 0 Å². The van der Waals surface area contributed by atoms with E-state index in [1.54, 1.807) is 19.2 Å². The van der Waals surface area contributed by atoms with Gasteiger partial charge >= 0.3 is 5.97 Å². The molecule has 1 aromatic heterocycles. The number of aromatic nitrogens is 1.